The first-order valence-electron chi connectivity index (χ1n) is 7.54. The number of aromatic nitrogens is 1. The third-order valence-electron chi connectivity index (χ3n) is 4.26. The highest BCUT2D eigenvalue weighted by atomic mass is 16.7. The van der Waals surface area contributed by atoms with Crippen LogP contribution in [0.5, 0.6) is 0 Å². The number of rotatable bonds is 3. The lowest BCUT2D eigenvalue weighted by atomic mass is 9.86. The average Bonchev–Trinajstić information content (AvgIpc) is 2.84. The van der Waals surface area contributed by atoms with E-state index in [0.717, 1.165) is 38.2 Å². The van der Waals surface area contributed by atoms with Crippen molar-refractivity contribution >= 4 is 5.71 Å². The predicted octanol–water partition coefficient (Wildman–Crippen LogP) is 2.85. The van der Waals surface area contributed by atoms with Crippen LogP contribution in [0.3, 0.4) is 0 Å². The monoisotopic (exact) mass is 273 g/mol. The minimum absolute atomic E-state index is 0.0768. The summed E-state index contributed by atoms with van der Waals surface area (Å²) >= 11 is 0. The van der Waals surface area contributed by atoms with Crippen LogP contribution < -0.4 is 0 Å². The van der Waals surface area contributed by atoms with Gasteiger partial charge in [0, 0.05) is 25.7 Å². The predicted molar refractivity (Wildman–Crippen MR) is 79.5 cm³/mol. The Labute approximate surface area is 120 Å². The van der Waals surface area contributed by atoms with E-state index in [1.807, 2.05) is 18.3 Å². The van der Waals surface area contributed by atoms with Crippen LogP contribution >= 0.6 is 0 Å². The summed E-state index contributed by atoms with van der Waals surface area (Å²) in [5.74, 6) is 0.487. The van der Waals surface area contributed by atoms with Crippen molar-refractivity contribution < 1.29 is 4.84 Å². The molecule has 1 unspecified atom stereocenters. The lowest BCUT2D eigenvalue weighted by Crippen LogP contribution is -2.48. The maximum atomic E-state index is 5.85. The highest BCUT2D eigenvalue weighted by molar-refractivity contribution is 5.87. The Balaban J connectivity index is 1.63. The van der Waals surface area contributed by atoms with Crippen LogP contribution in [-0.4, -0.2) is 34.3 Å². The molecule has 0 bridgehead atoms. The van der Waals surface area contributed by atoms with E-state index in [2.05, 4.69) is 35.0 Å². The first-order valence-corrected chi connectivity index (χ1v) is 7.54. The summed E-state index contributed by atoms with van der Waals surface area (Å²) in [5.41, 5.74) is 2.27. The van der Waals surface area contributed by atoms with Crippen molar-refractivity contribution in [2.45, 2.75) is 45.3 Å². The molecule has 1 saturated heterocycles. The fourth-order valence-electron chi connectivity index (χ4n) is 3.12. The third kappa shape index (κ3) is 2.85. The minimum atomic E-state index is -0.0768. The van der Waals surface area contributed by atoms with Crippen LogP contribution in [0, 0.1) is 5.92 Å². The van der Waals surface area contributed by atoms with E-state index in [1.165, 1.54) is 12.1 Å². The van der Waals surface area contributed by atoms with Gasteiger partial charge >= 0.3 is 0 Å². The number of hydrogen-bond acceptors (Lipinski definition) is 4. The molecule has 1 aromatic rings. The molecule has 4 nitrogen and oxygen atoms in total. The molecule has 0 saturated carbocycles. The molecule has 1 fully saturated rings. The first kappa shape index (κ1) is 13.6. The van der Waals surface area contributed by atoms with Gasteiger partial charge in [-0.05, 0) is 37.4 Å². The molecule has 0 N–H and O–H groups in total. The van der Waals surface area contributed by atoms with Crippen molar-refractivity contribution in [3.05, 3.63) is 30.1 Å². The van der Waals surface area contributed by atoms with E-state index in [4.69, 9.17) is 4.84 Å². The molecule has 4 heteroatoms. The van der Waals surface area contributed by atoms with Gasteiger partial charge in [-0.1, -0.05) is 25.1 Å². The Morgan fingerprint density at radius 2 is 2.30 bits per heavy atom. The maximum absolute atomic E-state index is 5.85. The fraction of sp³-hybridized carbons (Fsp3) is 0.625. The molecule has 20 heavy (non-hydrogen) atoms. The van der Waals surface area contributed by atoms with Crippen molar-refractivity contribution in [3.63, 3.8) is 0 Å². The van der Waals surface area contributed by atoms with E-state index in [9.17, 15) is 0 Å². The molecule has 0 aromatic carbocycles. The zero-order valence-corrected chi connectivity index (χ0v) is 12.4. The Bertz CT molecular complexity index is 486. The summed E-state index contributed by atoms with van der Waals surface area (Å²) in [7, 11) is 0. The summed E-state index contributed by atoms with van der Waals surface area (Å²) < 4.78 is 0. The standard InChI is InChI=1S/C16H23N3O/c1-13(2)15-10-16(20-18-15)7-5-9-19(12-16)11-14-6-3-4-8-17-14/h3-4,6,8,13H,5,7,9-12H2,1-2H3. The molecule has 1 atom stereocenters. The number of nitrogens with zero attached hydrogens (tertiary/aromatic N) is 3. The highest BCUT2D eigenvalue weighted by Gasteiger charge is 2.43. The second kappa shape index (κ2) is 5.52. The molecular weight excluding hydrogens is 250 g/mol. The normalized spacial score (nSPS) is 26.9. The van der Waals surface area contributed by atoms with Gasteiger partial charge in [0.15, 0.2) is 5.60 Å². The largest absolute Gasteiger partial charge is 0.387 e. The van der Waals surface area contributed by atoms with E-state index in [-0.39, 0.29) is 5.60 Å². The Kier molecular flexibility index (Phi) is 3.74. The number of likely N-dealkylation sites (tertiary alicyclic amines) is 1. The van der Waals surface area contributed by atoms with E-state index in [0.29, 0.717) is 5.92 Å². The summed E-state index contributed by atoms with van der Waals surface area (Å²) in [6.45, 7) is 7.37. The van der Waals surface area contributed by atoms with Gasteiger partial charge in [0.25, 0.3) is 0 Å². The molecule has 2 aliphatic heterocycles. The van der Waals surface area contributed by atoms with Gasteiger partial charge in [-0.25, -0.2) is 0 Å². The lowest BCUT2D eigenvalue weighted by Gasteiger charge is -2.38. The molecule has 1 spiro atoms. The van der Waals surface area contributed by atoms with Crippen LogP contribution in [-0.2, 0) is 11.4 Å². The van der Waals surface area contributed by atoms with Gasteiger partial charge in [0.05, 0.1) is 11.4 Å². The molecule has 0 aliphatic carbocycles. The van der Waals surface area contributed by atoms with Gasteiger partial charge in [-0.2, -0.15) is 0 Å². The van der Waals surface area contributed by atoms with Crippen molar-refractivity contribution in [2.24, 2.45) is 11.1 Å². The van der Waals surface area contributed by atoms with Gasteiger partial charge in [0.2, 0.25) is 0 Å². The number of pyridine rings is 1. The molecule has 1 aromatic heterocycles. The van der Waals surface area contributed by atoms with Crippen molar-refractivity contribution in [1.29, 1.82) is 0 Å². The number of oxime groups is 1. The molecule has 2 aliphatic rings. The maximum Gasteiger partial charge on any atom is 0.155 e. The summed E-state index contributed by atoms with van der Waals surface area (Å²) in [4.78, 5) is 12.7. The molecule has 0 amide bonds. The molecule has 3 heterocycles. The highest BCUT2D eigenvalue weighted by Crippen LogP contribution is 2.35. The Morgan fingerprint density at radius 1 is 1.40 bits per heavy atom. The van der Waals surface area contributed by atoms with Gasteiger partial charge in [0.1, 0.15) is 0 Å². The Morgan fingerprint density at radius 3 is 3.00 bits per heavy atom. The zero-order chi connectivity index (χ0) is 14.0. The second-order valence-corrected chi connectivity index (χ2v) is 6.32. The van der Waals surface area contributed by atoms with Gasteiger partial charge in [-0.3, -0.25) is 9.88 Å². The van der Waals surface area contributed by atoms with Crippen LogP contribution in [0.15, 0.2) is 29.6 Å². The van der Waals surface area contributed by atoms with Crippen molar-refractivity contribution in [3.8, 4) is 0 Å². The third-order valence-corrected chi connectivity index (χ3v) is 4.26. The SMILES string of the molecule is CC(C)C1=NOC2(CCCN(Cc3ccccn3)C2)C1. The van der Waals surface area contributed by atoms with Crippen molar-refractivity contribution in [2.75, 3.05) is 13.1 Å². The van der Waals surface area contributed by atoms with Crippen molar-refractivity contribution in [1.82, 2.24) is 9.88 Å². The topological polar surface area (TPSA) is 37.7 Å². The van der Waals surface area contributed by atoms with Gasteiger partial charge < -0.3 is 4.84 Å². The average molecular weight is 273 g/mol. The van der Waals surface area contributed by atoms with E-state index in [1.54, 1.807) is 0 Å². The second-order valence-electron chi connectivity index (χ2n) is 6.32. The van der Waals surface area contributed by atoms with E-state index >= 15 is 0 Å². The zero-order valence-electron chi connectivity index (χ0n) is 12.4. The molecular formula is C16H23N3O. The molecule has 0 radical (unpaired) electrons. The summed E-state index contributed by atoms with van der Waals surface area (Å²) in [6.07, 6.45) is 5.14. The van der Waals surface area contributed by atoms with Gasteiger partial charge in [-0.15, -0.1) is 0 Å². The molecule has 3 rings (SSSR count). The quantitative estimate of drug-likeness (QED) is 0.850. The van der Waals surface area contributed by atoms with Crippen LogP contribution in [0.25, 0.3) is 0 Å². The molecule has 108 valence electrons. The summed E-state index contributed by atoms with van der Waals surface area (Å²) in [6, 6.07) is 6.10. The van der Waals surface area contributed by atoms with E-state index < -0.39 is 0 Å². The Hall–Kier alpha value is -1.42. The van der Waals surface area contributed by atoms with Crippen LogP contribution in [0.1, 0.15) is 38.8 Å². The minimum Gasteiger partial charge on any atom is -0.387 e. The first-order chi connectivity index (χ1) is 9.67. The number of hydrogen-bond donors (Lipinski definition) is 0. The summed E-state index contributed by atoms with van der Waals surface area (Å²) in [5, 5.41) is 4.33. The fourth-order valence-corrected chi connectivity index (χ4v) is 3.12. The van der Waals surface area contributed by atoms with Crippen LogP contribution in [0.4, 0.5) is 0 Å². The smallest absolute Gasteiger partial charge is 0.155 e. The van der Waals surface area contributed by atoms with Crippen LogP contribution in [0.2, 0.25) is 0 Å². The number of piperidine rings is 1. The lowest BCUT2D eigenvalue weighted by molar-refractivity contribution is -0.0706.